The third kappa shape index (κ3) is 1.78. The second kappa shape index (κ2) is 3.04. The van der Waals surface area contributed by atoms with Crippen molar-refractivity contribution >= 4 is 10.2 Å². The van der Waals surface area contributed by atoms with Gasteiger partial charge in [0.25, 0.3) is 0 Å². The van der Waals surface area contributed by atoms with Gasteiger partial charge in [0.1, 0.15) is 0 Å². The Hall–Kier alpha value is -0.900. The van der Waals surface area contributed by atoms with Crippen LogP contribution in [0.1, 0.15) is 31.4 Å². The zero-order chi connectivity index (χ0) is 11.3. The highest BCUT2D eigenvalue weighted by Crippen LogP contribution is 2.39. The van der Waals surface area contributed by atoms with E-state index in [-0.39, 0.29) is 10.3 Å². The predicted molar refractivity (Wildman–Crippen MR) is 56.1 cm³/mol. The number of rotatable bonds is 1. The lowest BCUT2D eigenvalue weighted by molar-refractivity contribution is 0.522. The van der Waals surface area contributed by atoms with Gasteiger partial charge in [0.15, 0.2) is 0 Å². The van der Waals surface area contributed by atoms with Crippen molar-refractivity contribution in [3.8, 4) is 0 Å². The number of fused-ring (bicyclic) bond motifs is 1. The van der Waals surface area contributed by atoms with Gasteiger partial charge < -0.3 is 0 Å². The first-order chi connectivity index (χ1) is 6.81. The predicted octanol–water partition coefficient (Wildman–Crippen LogP) is 2.57. The van der Waals surface area contributed by atoms with Crippen LogP contribution in [0.5, 0.6) is 0 Å². The standard InChI is InChI=1S/C11H13FO2S/c1-11(2)6-5-8-7-9(15(12,13)14)3-4-10(8)11/h3-4,7H,5-6H2,1-2H3. The first-order valence-corrected chi connectivity index (χ1v) is 6.27. The SMILES string of the molecule is CC1(C)CCc2cc(S(=O)(=O)F)ccc21. The van der Waals surface area contributed by atoms with Gasteiger partial charge in [0.05, 0.1) is 4.90 Å². The molecule has 2 rings (SSSR count). The molecule has 0 bridgehead atoms. The number of hydrogen-bond acceptors (Lipinski definition) is 2. The molecule has 0 spiro atoms. The number of halogens is 1. The molecule has 0 saturated carbocycles. The van der Waals surface area contributed by atoms with E-state index < -0.39 is 10.2 Å². The summed E-state index contributed by atoms with van der Waals surface area (Å²) in [6.07, 6.45) is 1.81. The van der Waals surface area contributed by atoms with Crippen LogP contribution in [0.25, 0.3) is 0 Å². The fourth-order valence-corrected chi connectivity index (χ4v) is 2.68. The van der Waals surface area contributed by atoms with Crippen LogP contribution in [-0.4, -0.2) is 8.42 Å². The summed E-state index contributed by atoms with van der Waals surface area (Å²) < 4.78 is 34.2. The molecule has 1 aliphatic rings. The lowest BCUT2D eigenvalue weighted by Gasteiger charge is -2.18. The smallest absolute Gasteiger partial charge is 0.189 e. The third-order valence-corrected chi connectivity index (χ3v) is 3.92. The van der Waals surface area contributed by atoms with Crippen LogP contribution in [0.2, 0.25) is 0 Å². The fraction of sp³-hybridized carbons (Fsp3) is 0.455. The summed E-state index contributed by atoms with van der Waals surface area (Å²) >= 11 is 0. The van der Waals surface area contributed by atoms with Crippen LogP contribution >= 0.6 is 0 Å². The molecule has 0 fully saturated rings. The van der Waals surface area contributed by atoms with Crippen molar-refractivity contribution in [2.75, 3.05) is 0 Å². The van der Waals surface area contributed by atoms with Crippen molar-refractivity contribution < 1.29 is 12.3 Å². The maximum Gasteiger partial charge on any atom is 0.332 e. The fourth-order valence-electron chi connectivity index (χ4n) is 2.17. The Morgan fingerprint density at radius 3 is 2.60 bits per heavy atom. The van der Waals surface area contributed by atoms with Crippen LogP contribution in [0, 0.1) is 0 Å². The van der Waals surface area contributed by atoms with Gasteiger partial charge in [0.2, 0.25) is 0 Å². The Balaban J connectivity index is 2.56. The Morgan fingerprint density at radius 1 is 1.33 bits per heavy atom. The second-order valence-electron chi connectivity index (χ2n) is 4.64. The van der Waals surface area contributed by atoms with Crippen LogP contribution in [0.15, 0.2) is 23.1 Å². The molecular weight excluding hydrogens is 215 g/mol. The highest BCUT2D eigenvalue weighted by atomic mass is 32.3. The van der Waals surface area contributed by atoms with Crippen LogP contribution < -0.4 is 0 Å². The summed E-state index contributed by atoms with van der Waals surface area (Å²) in [5, 5.41) is 0. The Bertz CT molecular complexity index is 503. The van der Waals surface area contributed by atoms with E-state index in [1.807, 2.05) is 0 Å². The van der Waals surface area contributed by atoms with E-state index in [1.165, 1.54) is 12.1 Å². The zero-order valence-electron chi connectivity index (χ0n) is 8.75. The van der Waals surface area contributed by atoms with Crippen molar-refractivity contribution in [2.24, 2.45) is 0 Å². The molecule has 1 aromatic rings. The van der Waals surface area contributed by atoms with E-state index in [9.17, 15) is 12.3 Å². The van der Waals surface area contributed by atoms with E-state index in [1.54, 1.807) is 6.07 Å². The zero-order valence-corrected chi connectivity index (χ0v) is 9.57. The second-order valence-corrected chi connectivity index (χ2v) is 5.99. The van der Waals surface area contributed by atoms with Crippen molar-refractivity contribution in [3.05, 3.63) is 29.3 Å². The van der Waals surface area contributed by atoms with Crippen molar-refractivity contribution in [2.45, 2.75) is 37.0 Å². The van der Waals surface area contributed by atoms with E-state index >= 15 is 0 Å². The number of hydrogen-bond donors (Lipinski definition) is 0. The van der Waals surface area contributed by atoms with Gasteiger partial charge in [-0.15, -0.1) is 3.89 Å². The Kier molecular flexibility index (Phi) is 2.15. The number of benzene rings is 1. The molecule has 0 aromatic heterocycles. The van der Waals surface area contributed by atoms with E-state index in [0.717, 1.165) is 24.0 Å². The van der Waals surface area contributed by atoms with Gasteiger partial charge in [0, 0.05) is 0 Å². The minimum atomic E-state index is -4.56. The normalized spacial score (nSPS) is 18.9. The molecule has 0 heterocycles. The summed E-state index contributed by atoms with van der Waals surface area (Å²) in [6.45, 7) is 4.23. The molecule has 0 radical (unpaired) electrons. The van der Waals surface area contributed by atoms with Crippen molar-refractivity contribution in [1.82, 2.24) is 0 Å². The largest absolute Gasteiger partial charge is 0.332 e. The molecule has 0 atom stereocenters. The van der Waals surface area contributed by atoms with Crippen LogP contribution in [-0.2, 0) is 22.1 Å². The maximum atomic E-state index is 12.8. The Morgan fingerprint density at radius 2 is 2.00 bits per heavy atom. The molecule has 0 saturated heterocycles. The highest BCUT2D eigenvalue weighted by Gasteiger charge is 2.30. The van der Waals surface area contributed by atoms with Gasteiger partial charge in [-0.25, -0.2) is 0 Å². The third-order valence-electron chi connectivity index (χ3n) is 3.11. The summed E-state index contributed by atoms with van der Waals surface area (Å²) in [7, 11) is -4.56. The summed E-state index contributed by atoms with van der Waals surface area (Å²) in [6, 6.07) is 4.54. The topological polar surface area (TPSA) is 34.1 Å². The van der Waals surface area contributed by atoms with Crippen molar-refractivity contribution in [3.63, 3.8) is 0 Å². The Labute approximate surface area is 89.3 Å². The average molecular weight is 228 g/mol. The van der Waals surface area contributed by atoms with E-state index in [4.69, 9.17) is 0 Å². The minimum Gasteiger partial charge on any atom is -0.189 e. The van der Waals surface area contributed by atoms with Crippen LogP contribution in [0.4, 0.5) is 3.89 Å². The van der Waals surface area contributed by atoms with Gasteiger partial charge >= 0.3 is 10.2 Å². The van der Waals surface area contributed by atoms with E-state index in [0.29, 0.717) is 0 Å². The van der Waals surface area contributed by atoms with Gasteiger partial charge in [-0.05, 0) is 41.5 Å². The summed E-state index contributed by atoms with van der Waals surface area (Å²) in [5.41, 5.74) is 2.17. The molecular formula is C11H13FO2S. The summed E-state index contributed by atoms with van der Waals surface area (Å²) in [5.74, 6) is 0. The summed E-state index contributed by atoms with van der Waals surface area (Å²) in [4.78, 5) is -0.223. The van der Waals surface area contributed by atoms with Gasteiger partial charge in [-0.1, -0.05) is 19.9 Å². The quantitative estimate of drug-likeness (QED) is 0.692. The molecule has 2 nitrogen and oxygen atoms in total. The van der Waals surface area contributed by atoms with Crippen LogP contribution in [0.3, 0.4) is 0 Å². The lowest BCUT2D eigenvalue weighted by atomic mass is 9.87. The lowest BCUT2D eigenvalue weighted by Crippen LogP contribution is -2.11. The molecule has 1 aliphatic carbocycles. The molecule has 0 unspecified atom stereocenters. The molecule has 0 amide bonds. The molecule has 82 valence electrons. The number of aryl methyl sites for hydroxylation is 1. The molecule has 0 N–H and O–H groups in total. The minimum absolute atomic E-state index is 0.0773. The first kappa shape index (κ1) is 10.6. The first-order valence-electron chi connectivity index (χ1n) is 4.89. The molecule has 4 heteroatoms. The van der Waals surface area contributed by atoms with Crippen molar-refractivity contribution in [1.29, 1.82) is 0 Å². The maximum absolute atomic E-state index is 12.8. The molecule has 1 aromatic carbocycles. The van der Waals surface area contributed by atoms with E-state index in [2.05, 4.69) is 13.8 Å². The molecule has 0 aliphatic heterocycles. The average Bonchev–Trinajstić information content (AvgIpc) is 2.41. The highest BCUT2D eigenvalue weighted by molar-refractivity contribution is 7.86. The molecule has 15 heavy (non-hydrogen) atoms. The van der Waals surface area contributed by atoms with Gasteiger partial charge in [-0.2, -0.15) is 8.42 Å². The monoisotopic (exact) mass is 228 g/mol. The van der Waals surface area contributed by atoms with Gasteiger partial charge in [-0.3, -0.25) is 0 Å².